The van der Waals surface area contributed by atoms with Crippen molar-refractivity contribution in [1.82, 2.24) is 10.1 Å². The van der Waals surface area contributed by atoms with Gasteiger partial charge in [0.2, 0.25) is 11.7 Å². The third-order valence-electron chi connectivity index (χ3n) is 4.77. The van der Waals surface area contributed by atoms with Gasteiger partial charge in [0.25, 0.3) is 0 Å². The Bertz CT molecular complexity index is 444. The van der Waals surface area contributed by atoms with Crippen LogP contribution in [0, 0.1) is 5.92 Å². The van der Waals surface area contributed by atoms with Crippen LogP contribution in [0.25, 0.3) is 0 Å². The van der Waals surface area contributed by atoms with Crippen molar-refractivity contribution in [2.75, 3.05) is 7.11 Å². The topological polar surface area (TPSA) is 74.2 Å². The van der Waals surface area contributed by atoms with Crippen molar-refractivity contribution < 1.29 is 9.26 Å². The number of hydrogen-bond donors (Lipinski definition) is 1. The van der Waals surface area contributed by atoms with Gasteiger partial charge in [0.15, 0.2) is 0 Å². The molecular weight excluding hydrogens is 242 g/mol. The van der Waals surface area contributed by atoms with Crippen molar-refractivity contribution in [3.8, 4) is 0 Å². The highest BCUT2D eigenvalue weighted by atomic mass is 16.5. The van der Waals surface area contributed by atoms with E-state index in [4.69, 9.17) is 15.0 Å². The number of hydrogen-bond acceptors (Lipinski definition) is 5. The summed E-state index contributed by atoms with van der Waals surface area (Å²) in [6, 6.07) is 0.108. The molecule has 0 amide bonds. The number of methoxy groups -OCH3 is 1. The molecule has 1 aromatic heterocycles. The Balaban J connectivity index is 1.83. The van der Waals surface area contributed by atoms with E-state index in [1.54, 1.807) is 7.11 Å². The van der Waals surface area contributed by atoms with E-state index in [-0.39, 0.29) is 17.6 Å². The molecule has 0 spiro atoms. The first-order valence-corrected chi connectivity index (χ1v) is 7.27. The fourth-order valence-electron chi connectivity index (χ4n) is 3.12. The Morgan fingerprint density at radius 3 is 2.79 bits per heavy atom. The lowest BCUT2D eigenvalue weighted by molar-refractivity contribution is 0.0751. The third-order valence-corrected chi connectivity index (χ3v) is 4.77. The van der Waals surface area contributed by atoms with Gasteiger partial charge in [-0.2, -0.15) is 4.98 Å². The molecule has 2 aliphatic rings. The van der Waals surface area contributed by atoms with E-state index in [2.05, 4.69) is 17.1 Å². The first-order chi connectivity index (χ1) is 9.15. The van der Waals surface area contributed by atoms with E-state index in [9.17, 15) is 0 Å². The summed E-state index contributed by atoms with van der Waals surface area (Å²) >= 11 is 0. The fraction of sp³-hybridized carbons (Fsp3) is 0.857. The van der Waals surface area contributed by atoms with Gasteiger partial charge in [0, 0.05) is 13.2 Å². The number of rotatable bonds is 4. The van der Waals surface area contributed by atoms with Gasteiger partial charge >= 0.3 is 0 Å². The van der Waals surface area contributed by atoms with Crippen molar-refractivity contribution in [3.63, 3.8) is 0 Å². The molecule has 2 fully saturated rings. The summed E-state index contributed by atoms with van der Waals surface area (Å²) < 4.78 is 11.0. The molecule has 5 nitrogen and oxygen atoms in total. The van der Waals surface area contributed by atoms with Gasteiger partial charge in [-0.25, -0.2) is 0 Å². The quantitative estimate of drug-likeness (QED) is 0.904. The van der Waals surface area contributed by atoms with Crippen LogP contribution in [0.5, 0.6) is 0 Å². The molecule has 2 aliphatic carbocycles. The summed E-state index contributed by atoms with van der Waals surface area (Å²) in [7, 11) is 1.72. The first-order valence-electron chi connectivity index (χ1n) is 7.27. The Labute approximate surface area is 113 Å². The van der Waals surface area contributed by atoms with E-state index in [1.165, 1.54) is 25.7 Å². The molecular formula is C14H23N3O2. The SMILES string of the molecule is COC(c1noc(C2(C)CCCCC2N)n1)C1CC1. The fourth-order valence-corrected chi connectivity index (χ4v) is 3.12. The minimum Gasteiger partial charge on any atom is -0.373 e. The van der Waals surface area contributed by atoms with Crippen LogP contribution >= 0.6 is 0 Å². The average molecular weight is 265 g/mol. The molecule has 19 heavy (non-hydrogen) atoms. The second-order valence-corrected chi connectivity index (χ2v) is 6.22. The lowest BCUT2D eigenvalue weighted by atomic mass is 9.72. The summed E-state index contributed by atoms with van der Waals surface area (Å²) in [6.45, 7) is 2.15. The molecule has 0 aliphatic heterocycles. The van der Waals surface area contributed by atoms with Gasteiger partial charge in [0.05, 0.1) is 5.41 Å². The van der Waals surface area contributed by atoms with Crippen molar-refractivity contribution in [2.45, 2.75) is 63.0 Å². The predicted octanol–water partition coefficient (Wildman–Crippen LogP) is 2.33. The third kappa shape index (κ3) is 2.30. The Morgan fingerprint density at radius 1 is 1.37 bits per heavy atom. The van der Waals surface area contributed by atoms with Gasteiger partial charge in [-0.15, -0.1) is 0 Å². The van der Waals surface area contributed by atoms with Crippen molar-refractivity contribution in [2.24, 2.45) is 11.7 Å². The standard InChI is InChI=1S/C14H23N3O2/c1-14(8-4-3-5-10(14)15)13-16-12(17-19-13)11(18-2)9-6-7-9/h9-11H,3-8,15H2,1-2H3. The van der Waals surface area contributed by atoms with E-state index in [0.717, 1.165) is 12.8 Å². The van der Waals surface area contributed by atoms with E-state index in [0.29, 0.717) is 17.6 Å². The van der Waals surface area contributed by atoms with Crippen molar-refractivity contribution >= 4 is 0 Å². The first kappa shape index (κ1) is 13.1. The summed E-state index contributed by atoms with van der Waals surface area (Å²) in [6.07, 6.45) is 6.80. The Morgan fingerprint density at radius 2 is 2.16 bits per heavy atom. The maximum atomic E-state index is 6.28. The second kappa shape index (κ2) is 4.87. The molecule has 3 rings (SSSR count). The van der Waals surface area contributed by atoms with Crippen LogP contribution in [0.15, 0.2) is 4.52 Å². The van der Waals surface area contributed by atoms with Gasteiger partial charge in [-0.05, 0) is 38.5 Å². The lowest BCUT2D eigenvalue weighted by Gasteiger charge is -2.35. The van der Waals surface area contributed by atoms with E-state index < -0.39 is 0 Å². The molecule has 5 heteroatoms. The number of nitrogens with zero attached hydrogens (tertiary/aromatic N) is 2. The summed E-state index contributed by atoms with van der Waals surface area (Å²) in [4.78, 5) is 4.61. The highest BCUT2D eigenvalue weighted by Gasteiger charge is 2.42. The van der Waals surface area contributed by atoms with Gasteiger partial charge < -0.3 is 15.0 Å². The molecule has 2 saturated carbocycles. The lowest BCUT2D eigenvalue weighted by Crippen LogP contribution is -2.45. The minimum atomic E-state index is -0.175. The van der Waals surface area contributed by atoms with Crippen molar-refractivity contribution in [1.29, 1.82) is 0 Å². The zero-order valence-electron chi connectivity index (χ0n) is 11.8. The zero-order valence-corrected chi connectivity index (χ0v) is 11.8. The summed E-state index contributed by atoms with van der Waals surface area (Å²) in [5.41, 5.74) is 6.10. The maximum absolute atomic E-state index is 6.28. The number of aromatic nitrogens is 2. The van der Waals surface area contributed by atoms with Crippen LogP contribution in [-0.2, 0) is 10.2 Å². The van der Waals surface area contributed by atoms with Gasteiger partial charge in [0.1, 0.15) is 6.10 Å². The van der Waals surface area contributed by atoms with Crippen molar-refractivity contribution in [3.05, 3.63) is 11.7 Å². The molecule has 3 unspecified atom stereocenters. The molecule has 3 atom stereocenters. The largest absolute Gasteiger partial charge is 0.373 e. The summed E-state index contributed by atoms with van der Waals surface area (Å²) in [5, 5.41) is 4.14. The number of nitrogens with two attached hydrogens (primary N) is 1. The van der Waals surface area contributed by atoms with Gasteiger partial charge in [-0.1, -0.05) is 18.0 Å². The maximum Gasteiger partial charge on any atom is 0.234 e. The van der Waals surface area contributed by atoms with Crippen LogP contribution in [-0.4, -0.2) is 23.3 Å². The van der Waals surface area contributed by atoms with Crippen LogP contribution < -0.4 is 5.73 Å². The molecule has 0 aromatic carbocycles. The minimum absolute atomic E-state index is 0.0130. The van der Waals surface area contributed by atoms with Crippen LogP contribution in [0.2, 0.25) is 0 Å². The normalized spacial score (nSPS) is 33.3. The highest BCUT2D eigenvalue weighted by Crippen LogP contribution is 2.43. The Hall–Kier alpha value is -0.940. The molecule has 0 bridgehead atoms. The molecule has 106 valence electrons. The van der Waals surface area contributed by atoms with E-state index in [1.807, 2.05) is 0 Å². The summed E-state index contributed by atoms with van der Waals surface area (Å²) in [5.74, 6) is 1.94. The predicted molar refractivity (Wildman–Crippen MR) is 70.6 cm³/mol. The average Bonchev–Trinajstić information content (AvgIpc) is 3.11. The second-order valence-electron chi connectivity index (χ2n) is 6.22. The molecule has 0 saturated heterocycles. The highest BCUT2D eigenvalue weighted by molar-refractivity contribution is 5.11. The van der Waals surface area contributed by atoms with E-state index >= 15 is 0 Å². The molecule has 1 heterocycles. The van der Waals surface area contributed by atoms with Crippen LogP contribution in [0.1, 0.15) is 63.3 Å². The van der Waals surface area contributed by atoms with Crippen LogP contribution in [0.4, 0.5) is 0 Å². The smallest absolute Gasteiger partial charge is 0.234 e. The molecule has 2 N–H and O–H groups in total. The Kier molecular flexibility index (Phi) is 3.35. The number of ether oxygens (including phenoxy) is 1. The van der Waals surface area contributed by atoms with Crippen LogP contribution in [0.3, 0.4) is 0 Å². The monoisotopic (exact) mass is 265 g/mol. The molecule has 1 aromatic rings. The molecule has 0 radical (unpaired) electrons. The van der Waals surface area contributed by atoms with Gasteiger partial charge in [-0.3, -0.25) is 0 Å². The zero-order chi connectivity index (χ0) is 13.5.